The van der Waals surface area contributed by atoms with E-state index < -0.39 is 6.43 Å². The van der Waals surface area contributed by atoms with Crippen LogP contribution in [0.15, 0.2) is 23.3 Å². The predicted molar refractivity (Wildman–Crippen MR) is 84.3 cm³/mol. The smallest absolute Gasteiger partial charge is 0.264 e. The molecular weight excluding hydrogens is 272 g/mol. The summed E-state index contributed by atoms with van der Waals surface area (Å²) in [5, 5.41) is 0. The molecule has 0 radical (unpaired) electrons. The van der Waals surface area contributed by atoms with E-state index in [0.29, 0.717) is 17.1 Å². The first-order chi connectivity index (χ1) is 9.99. The summed E-state index contributed by atoms with van der Waals surface area (Å²) >= 11 is 0. The van der Waals surface area contributed by atoms with Crippen molar-refractivity contribution in [3.05, 3.63) is 35.0 Å². The average molecular weight is 293 g/mol. The van der Waals surface area contributed by atoms with E-state index in [9.17, 15) is 8.78 Å². The molecule has 0 spiro atoms. The van der Waals surface area contributed by atoms with Gasteiger partial charge in [0.2, 0.25) is 0 Å². The van der Waals surface area contributed by atoms with Gasteiger partial charge in [-0.25, -0.2) is 8.78 Å². The van der Waals surface area contributed by atoms with Gasteiger partial charge in [-0.15, -0.1) is 0 Å². The minimum absolute atomic E-state index is 0.00583. The van der Waals surface area contributed by atoms with Crippen LogP contribution in [0.2, 0.25) is 0 Å². The summed E-state index contributed by atoms with van der Waals surface area (Å²) in [5.41, 5.74) is 8.57. The molecule has 0 aliphatic carbocycles. The molecular formula is C16H21F2N3. The van der Waals surface area contributed by atoms with Gasteiger partial charge in [0.05, 0.1) is 0 Å². The van der Waals surface area contributed by atoms with Crippen molar-refractivity contribution in [1.29, 1.82) is 0 Å². The second kappa shape index (κ2) is 6.24. The lowest BCUT2D eigenvalue weighted by atomic mass is 9.87. The molecule has 0 saturated heterocycles. The van der Waals surface area contributed by atoms with Crippen LogP contribution < -0.4 is 10.6 Å². The highest BCUT2D eigenvalue weighted by molar-refractivity contribution is 6.10. The number of hydrogen-bond acceptors (Lipinski definition) is 3. The van der Waals surface area contributed by atoms with E-state index in [1.165, 1.54) is 12.4 Å². The lowest BCUT2D eigenvalue weighted by Crippen LogP contribution is -2.27. The number of rotatable bonds is 3. The van der Waals surface area contributed by atoms with Gasteiger partial charge in [-0.1, -0.05) is 6.92 Å². The number of anilines is 1. The monoisotopic (exact) mass is 293 g/mol. The number of nitrogens with zero attached hydrogens (tertiary/aromatic N) is 2. The summed E-state index contributed by atoms with van der Waals surface area (Å²) in [4.78, 5) is 5.93. The van der Waals surface area contributed by atoms with Crippen LogP contribution in [0, 0.1) is 0 Å². The fourth-order valence-corrected chi connectivity index (χ4v) is 2.78. The minimum Gasteiger partial charge on any atom is -0.404 e. The van der Waals surface area contributed by atoms with Gasteiger partial charge in [-0.05, 0) is 35.6 Å². The summed E-state index contributed by atoms with van der Waals surface area (Å²) in [5.74, 6) is 0.347. The Morgan fingerprint density at radius 3 is 2.76 bits per heavy atom. The SMILES string of the molecule is CN=CC(=CN)c1cc2c(cc1C(F)F)N(C)CC[C@H]2C. The molecule has 21 heavy (non-hydrogen) atoms. The Kier molecular flexibility index (Phi) is 4.60. The number of halogens is 2. The van der Waals surface area contributed by atoms with Crippen LogP contribution >= 0.6 is 0 Å². The molecule has 0 saturated carbocycles. The highest BCUT2D eigenvalue weighted by atomic mass is 19.3. The topological polar surface area (TPSA) is 41.6 Å². The fraction of sp³-hybridized carbons (Fsp3) is 0.438. The molecule has 1 atom stereocenters. The van der Waals surface area contributed by atoms with Crippen molar-refractivity contribution in [2.75, 3.05) is 25.5 Å². The molecule has 1 aromatic rings. The zero-order chi connectivity index (χ0) is 15.6. The summed E-state index contributed by atoms with van der Waals surface area (Å²) < 4.78 is 26.9. The van der Waals surface area contributed by atoms with Crippen molar-refractivity contribution < 1.29 is 8.78 Å². The number of hydrogen-bond donors (Lipinski definition) is 1. The van der Waals surface area contributed by atoms with Gasteiger partial charge in [0, 0.05) is 49.9 Å². The molecule has 2 rings (SSSR count). The Bertz CT molecular complexity index is 579. The predicted octanol–water partition coefficient (Wildman–Crippen LogP) is 3.57. The first kappa shape index (κ1) is 15.5. The standard InChI is InChI=1S/C16H21F2N3/c1-10-4-5-21(3)15-7-14(16(17)18)13(6-12(10)15)11(8-19)9-20-2/h6-10,16H,4-5,19H2,1-3H3/t10-/m1/s1. The van der Waals surface area contributed by atoms with Crippen molar-refractivity contribution in [3.8, 4) is 0 Å². The molecule has 1 aromatic carbocycles. The number of benzene rings is 1. The Labute approximate surface area is 124 Å². The minimum atomic E-state index is -2.55. The van der Waals surface area contributed by atoms with E-state index in [2.05, 4.69) is 11.9 Å². The van der Waals surface area contributed by atoms with Gasteiger partial charge >= 0.3 is 0 Å². The molecule has 0 fully saturated rings. The molecule has 114 valence electrons. The second-order valence-corrected chi connectivity index (χ2v) is 5.42. The molecule has 0 bridgehead atoms. The maximum atomic E-state index is 13.4. The summed E-state index contributed by atoms with van der Waals surface area (Å²) in [6, 6.07) is 3.44. The van der Waals surface area contributed by atoms with E-state index in [1.807, 2.05) is 18.0 Å². The van der Waals surface area contributed by atoms with Crippen molar-refractivity contribution in [2.45, 2.75) is 25.7 Å². The third-order valence-electron chi connectivity index (χ3n) is 4.03. The fourth-order valence-electron chi connectivity index (χ4n) is 2.78. The summed E-state index contributed by atoms with van der Waals surface area (Å²) in [6.45, 7) is 3.00. The number of allylic oxidation sites excluding steroid dienone is 1. The molecule has 2 N–H and O–H groups in total. The summed E-state index contributed by atoms with van der Waals surface area (Å²) in [6.07, 6.45) is 1.32. The first-order valence-corrected chi connectivity index (χ1v) is 7.01. The average Bonchev–Trinajstić information content (AvgIpc) is 2.47. The van der Waals surface area contributed by atoms with Crippen LogP contribution in [-0.4, -0.2) is 26.9 Å². The maximum absolute atomic E-state index is 13.4. The third-order valence-corrected chi connectivity index (χ3v) is 4.03. The zero-order valence-electron chi connectivity index (χ0n) is 12.6. The van der Waals surface area contributed by atoms with E-state index in [4.69, 9.17) is 5.73 Å². The van der Waals surface area contributed by atoms with Gasteiger partial charge in [-0.3, -0.25) is 4.99 Å². The summed E-state index contributed by atoms with van der Waals surface area (Å²) in [7, 11) is 3.53. The normalized spacial score (nSPS) is 19.4. The van der Waals surface area contributed by atoms with E-state index in [0.717, 1.165) is 24.2 Å². The van der Waals surface area contributed by atoms with E-state index in [1.54, 1.807) is 13.1 Å². The first-order valence-electron chi connectivity index (χ1n) is 7.01. The molecule has 5 heteroatoms. The lowest BCUT2D eigenvalue weighted by Gasteiger charge is -2.33. The highest BCUT2D eigenvalue weighted by Crippen LogP contribution is 2.40. The van der Waals surface area contributed by atoms with Gasteiger partial charge in [0.15, 0.2) is 0 Å². The molecule has 1 aliphatic heterocycles. The second-order valence-electron chi connectivity index (χ2n) is 5.42. The van der Waals surface area contributed by atoms with Crippen LogP contribution in [0.25, 0.3) is 5.57 Å². The number of aliphatic imine (C=N–C) groups is 1. The third kappa shape index (κ3) is 2.91. The Morgan fingerprint density at radius 2 is 2.19 bits per heavy atom. The molecule has 3 nitrogen and oxygen atoms in total. The molecule has 1 heterocycles. The van der Waals surface area contributed by atoms with Gasteiger partial charge in [-0.2, -0.15) is 0 Å². The van der Waals surface area contributed by atoms with Gasteiger partial charge < -0.3 is 10.6 Å². The largest absolute Gasteiger partial charge is 0.404 e. The van der Waals surface area contributed by atoms with Crippen molar-refractivity contribution in [2.24, 2.45) is 10.7 Å². The molecule has 0 amide bonds. The Balaban J connectivity index is 2.67. The zero-order valence-corrected chi connectivity index (χ0v) is 12.6. The molecule has 0 aromatic heterocycles. The van der Waals surface area contributed by atoms with E-state index in [-0.39, 0.29) is 5.56 Å². The van der Waals surface area contributed by atoms with Crippen molar-refractivity contribution in [1.82, 2.24) is 0 Å². The van der Waals surface area contributed by atoms with Crippen LogP contribution in [-0.2, 0) is 0 Å². The Hall–Kier alpha value is -1.91. The van der Waals surface area contributed by atoms with Crippen LogP contribution in [0.5, 0.6) is 0 Å². The van der Waals surface area contributed by atoms with Gasteiger partial charge in [0.1, 0.15) is 0 Å². The highest BCUT2D eigenvalue weighted by Gasteiger charge is 2.25. The molecule has 1 aliphatic rings. The van der Waals surface area contributed by atoms with Crippen LogP contribution in [0.4, 0.5) is 14.5 Å². The van der Waals surface area contributed by atoms with Crippen molar-refractivity contribution in [3.63, 3.8) is 0 Å². The van der Waals surface area contributed by atoms with E-state index >= 15 is 0 Å². The van der Waals surface area contributed by atoms with Crippen molar-refractivity contribution >= 4 is 17.5 Å². The quantitative estimate of drug-likeness (QED) is 0.866. The lowest BCUT2D eigenvalue weighted by molar-refractivity contribution is 0.151. The molecule has 0 unspecified atom stereocenters. The number of alkyl halides is 2. The van der Waals surface area contributed by atoms with Crippen LogP contribution in [0.1, 0.15) is 42.4 Å². The Morgan fingerprint density at radius 1 is 1.48 bits per heavy atom. The number of nitrogens with two attached hydrogens (primary N) is 1. The number of fused-ring (bicyclic) bond motifs is 1. The van der Waals surface area contributed by atoms with Gasteiger partial charge in [0.25, 0.3) is 6.43 Å². The maximum Gasteiger partial charge on any atom is 0.264 e. The van der Waals surface area contributed by atoms with Crippen LogP contribution in [0.3, 0.4) is 0 Å².